The number of carbonyl (C=O) groups excluding carboxylic acids is 3. The van der Waals surface area contributed by atoms with E-state index in [9.17, 15) is 14.4 Å². The van der Waals surface area contributed by atoms with Gasteiger partial charge in [0.05, 0.1) is 23.6 Å². The van der Waals surface area contributed by atoms with Crippen LogP contribution in [0.1, 0.15) is 34.6 Å². The summed E-state index contributed by atoms with van der Waals surface area (Å²) in [5.41, 5.74) is 1.28. The van der Waals surface area contributed by atoms with Crippen molar-refractivity contribution in [1.29, 1.82) is 0 Å². The average Bonchev–Trinajstić information content (AvgIpc) is 2.68. The number of methoxy groups -OCH3 is 1. The number of thioether (sulfide) groups is 1. The number of amides is 1. The van der Waals surface area contributed by atoms with Crippen LogP contribution in [-0.2, 0) is 9.53 Å². The smallest absolute Gasteiger partial charge is 0.338 e. The molecule has 2 aromatic carbocycles. The zero-order chi connectivity index (χ0) is 19.6. The predicted molar refractivity (Wildman–Crippen MR) is 103 cm³/mol. The SMILES string of the molecule is COc1ccc(C(=O)C(C)OC(=O)c2ccc3c(c2)NC(=O)C(C)S3)cc1. The van der Waals surface area contributed by atoms with E-state index in [-0.39, 0.29) is 22.5 Å². The summed E-state index contributed by atoms with van der Waals surface area (Å²) in [5.74, 6) is -0.396. The normalized spacial score (nSPS) is 16.7. The molecule has 140 valence electrons. The maximum Gasteiger partial charge on any atom is 0.338 e. The van der Waals surface area contributed by atoms with Gasteiger partial charge in [0, 0.05) is 10.5 Å². The van der Waals surface area contributed by atoms with Crippen LogP contribution >= 0.6 is 11.8 Å². The molecule has 7 heteroatoms. The second-order valence-corrected chi connectivity index (χ2v) is 7.48. The molecule has 1 aliphatic rings. The van der Waals surface area contributed by atoms with Gasteiger partial charge in [-0.1, -0.05) is 0 Å². The second kappa shape index (κ2) is 7.84. The van der Waals surface area contributed by atoms with Crippen molar-refractivity contribution in [3.63, 3.8) is 0 Å². The average molecular weight is 385 g/mol. The van der Waals surface area contributed by atoms with Crippen molar-refractivity contribution in [1.82, 2.24) is 0 Å². The highest BCUT2D eigenvalue weighted by Crippen LogP contribution is 2.36. The molecule has 1 N–H and O–H groups in total. The Hall–Kier alpha value is -2.80. The number of carbonyl (C=O) groups is 3. The third-order valence-electron chi connectivity index (χ3n) is 4.17. The van der Waals surface area contributed by atoms with Gasteiger partial charge in [-0.3, -0.25) is 9.59 Å². The number of benzene rings is 2. The molecule has 2 atom stereocenters. The predicted octanol–water partition coefficient (Wildman–Crippen LogP) is 3.56. The molecule has 0 aliphatic carbocycles. The molecule has 0 aromatic heterocycles. The fourth-order valence-electron chi connectivity index (χ4n) is 2.61. The molecule has 2 aromatic rings. The Morgan fingerprint density at radius 2 is 1.78 bits per heavy atom. The number of nitrogens with one attached hydrogen (secondary N) is 1. The molecule has 2 unspecified atom stereocenters. The highest BCUT2D eigenvalue weighted by atomic mass is 32.2. The fourth-order valence-corrected chi connectivity index (χ4v) is 3.54. The quantitative estimate of drug-likeness (QED) is 0.626. The number of ether oxygens (including phenoxy) is 2. The highest BCUT2D eigenvalue weighted by Gasteiger charge is 2.25. The molecule has 1 heterocycles. The fraction of sp³-hybridized carbons (Fsp3) is 0.250. The van der Waals surface area contributed by atoms with Crippen LogP contribution in [0.4, 0.5) is 5.69 Å². The van der Waals surface area contributed by atoms with Crippen molar-refractivity contribution in [2.75, 3.05) is 12.4 Å². The van der Waals surface area contributed by atoms with E-state index in [1.54, 1.807) is 49.6 Å². The zero-order valence-electron chi connectivity index (χ0n) is 15.1. The van der Waals surface area contributed by atoms with Crippen molar-refractivity contribution in [3.8, 4) is 5.75 Å². The Morgan fingerprint density at radius 3 is 2.44 bits per heavy atom. The van der Waals surface area contributed by atoms with Crippen LogP contribution in [0.5, 0.6) is 5.75 Å². The maximum absolute atomic E-state index is 12.4. The summed E-state index contributed by atoms with van der Waals surface area (Å²) < 4.78 is 10.4. The van der Waals surface area contributed by atoms with Crippen molar-refractivity contribution in [3.05, 3.63) is 53.6 Å². The van der Waals surface area contributed by atoms with E-state index in [4.69, 9.17) is 9.47 Å². The van der Waals surface area contributed by atoms with Gasteiger partial charge in [-0.15, -0.1) is 11.8 Å². The van der Waals surface area contributed by atoms with Crippen LogP contribution in [0.25, 0.3) is 0 Å². The van der Waals surface area contributed by atoms with Gasteiger partial charge in [-0.05, 0) is 56.3 Å². The molecule has 0 fully saturated rings. The molecule has 27 heavy (non-hydrogen) atoms. The highest BCUT2D eigenvalue weighted by molar-refractivity contribution is 8.00. The number of hydrogen-bond donors (Lipinski definition) is 1. The molecule has 0 spiro atoms. The Morgan fingerprint density at radius 1 is 1.11 bits per heavy atom. The Balaban J connectivity index is 1.70. The largest absolute Gasteiger partial charge is 0.497 e. The van der Waals surface area contributed by atoms with Crippen LogP contribution in [0.15, 0.2) is 47.4 Å². The lowest BCUT2D eigenvalue weighted by molar-refractivity contribution is -0.115. The first-order valence-electron chi connectivity index (χ1n) is 8.40. The number of rotatable bonds is 5. The number of hydrogen-bond acceptors (Lipinski definition) is 6. The molecule has 0 saturated carbocycles. The van der Waals surface area contributed by atoms with E-state index in [1.807, 2.05) is 6.92 Å². The van der Waals surface area contributed by atoms with Gasteiger partial charge in [0.1, 0.15) is 5.75 Å². The van der Waals surface area contributed by atoms with Crippen LogP contribution < -0.4 is 10.1 Å². The van der Waals surface area contributed by atoms with Gasteiger partial charge < -0.3 is 14.8 Å². The number of anilines is 1. The standard InChI is InChI=1S/C20H19NO5S/c1-11(18(22)13-4-7-15(25-3)8-5-13)26-20(24)14-6-9-17-16(10-14)21-19(23)12(2)27-17/h4-12H,1-3H3,(H,21,23). The number of ketones is 1. The maximum atomic E-state index is 12.4. The van der Waals surface area contributed by atoms with Gasteiger partial charge in [0.25, 0.3) is 0 Å². The van der Waals surface area contributed by atoms with E-state index in [2.05, 4.69) is 5.32 Å². The van der Waals surface area contributed by atoms with E-state index in [0.717, 1.165) is 4.90 Å². The third-order valence-corrected chi connectivity index (χ3v) is 5.35. The summed E-state index contributed by atoms with van der Waals surface area (Å²) in [5, 5.41) is 2.59. The molecule has 0 radical (unpaired) electrons. The van der Waals surface area contributed by atoms with E-state index >= 15 is 0 Å². The van der Waals surface area contributed by atoms with Gasteiger partial charge in [-0.2, -0.15) is 0 Å². The van der Waals surface area contributed by atoms with Crippen LogP contribution in [0, 0.1) is 0 Å². The van der Waals surface area contributed by atoms with Gasteiger partial charge >= 0.3 is 5.97 Å². The molecule has 1 amide bonds. The zero-order valence-corrected chi connectivity index (χ0v) is 16.0. The minimum atomic E-state index is -0.939. The minimum Gasteiger partial charge on any atom is -0.497 e. The lowest BCUT2D eigenvalue weighted by atomic mass is 10.1. The first kappa shape index (κ1) is 19.0. The van der Waals surface area contributed by atoms with Crippen LogP contribution in [-0.4, -0.2) is 36.1 Å². The minimum absolute atomic E-state index is 0.110. The molecular formula is C20H19NO5S. The van der Waals surface area contributed by atoms with Crippen molar-refractivity contribution < 1.29 is 23.9 Å². The summed E-state index contributed by atoms with van der Waals surface area (Å²) in [4.78, 5) is 37.5. The van der Waals surface area contributed by atoms with E-state index < -0.39 is 12.1 Å². The molecule has 3 rings (SSSR count). The van der Waals surface area contributed by atoms with Crippen molar-refractivity contribution in [2.45, 2.75) is 30.1 Å². The summed E-state index contributed by atoms with van der Waals surface area (Å²) in [6, 6.07) is 11.6. The number of Topliss-reactive ketones (excluding diaryl/α,β-unsaturated/α-hetero) is 1. The van der Waals surface area contributed by atoms with E-state index in [0.29, 0.717) is 17.0 Å². The van der Waals surface area contributed by atoms with Gasteiger partial charge in [-0.25, -0.2) is 4.79 Å². The van der Waals surface area contributed by atoms with Crippen molar-refractivity contribution in [2.24, 2.45) is 0 Å². The molecule has 0 bridgehead atoms. The lowest BCUT2D eigenvalue weighted by Gasteiger charge is -2.21. The lowest BCUT2D eigenvalue weighted by Crippen LogP contribution is -2.27. The topological polar surface area (TPSA) is 81.7 Å². The van der Waals surface area contributed by atoms with Crippen LogP contribution in [0.2, 0.25) is 0 Å². The van der Waals surface area contributed by atoms with Crippen molar-refractivity contribution >= 4 is 35.1 Å². The monoisotopic (exact) mass is 385 g/mol. The first-order chi connectivity index (χ1) is 12.9. The Bertz CT molecular complexity index is 894. The van der Waals surface area contributed by atoms with Gasteiger partial charge in [0.15, 0.2) is 6.10 Å². The molecule has 6 nitrogen and oxygen atoms in total. The summed E-state index contributed by atoms with van der Waals surface area (Å²) in [6.45, 7) is 3.35. The van der Waals surface area contributed by atoms with Crippen LogP contribution in [0.3, 0.4) is 0 Å². The summed E-state index contributed by atoms with van der Waals surface area (Å²) in [6.07, 6.45) is -0.939. The molecule has 0 saturated heterocycles. The Kier molecular flexibility index (Phi) is 5.51. The van der Waals surface area contributed by atoms with Gasteiger partial charge in [0.2, 0.25) is 11.7 Å². The number of esters is 1. The third kappa shape index (κ3) is 4.14. The second-order valence-electron chi connectivity index (χ2n) is 6.10. The number of fused-ring (bicyclic) bond motifs is 1. The first-order valence-corrected chi connectivity index (χ1v) is 9.28. The Labute approximate surface area is 161 Å². The van der Waals surface area contributed by atoms with E-state index in [1.165, 1.54) is 18.7 Å². The molecule has 1 aliphatic heterocycles. The summed E-state index contributed by atoms with van der Waals surface area (Å²) >= 11 is 1.43. The summed E-state index contributed by atoms with van der Waals surface area (Å²) in [7, 11) is 1.54. The molecular weight excluding hydrogens is 366 g/mol.